The van der Waals surface area contributed by atoms with Gasteiger partial charge in [-0.2, -0.15) is 0 Å². The van der Waals surface area contributed by atoms with Gasteiger partial charge in [-0.3, -0.25) is 4.84 Å². The number of hydrogen-bond donors (Lipinski definition) is 1. The van der Waals surface area contributed by atoms with Crippen LogP contribution in [-0.4, -0.2) is 0 Å². The van der Waals surface area contributed by atoms with Crippen molar-refractivity contribution < 1.29 is 9.23 Å². The van der Waals surface area contributed by atoms with E-state index in [1.165, 1.54) is 12.1 Å². The fraction of sp³-hybridized carbons (Fsp3) is 0.143. The fourth-order valence-electron chi connectivity index (χ4n) is 0.723. The number of benzene rings is 1. The Morgan fingerprint density at radius 2 is 2.30 bits per heavy atom. The first-order valence-corrected chi connectivity index (χ1v) is 2.89. The second-order valence-electron chi connectivity index (χ2n) is 1.94. The number of nitrogens with two attached hydrogens (primary N) is 1. The molecule has 0 amide bonds. The van der Waals surface area contributed by atoms with Gasteiger partial charge < -0.3 is 0 Å². The summed E-state index contributed by atoms with van der Waals surface area (Å²) in [7, 11) is 0. The van der Waals surface area contributed by atoms with Crippen molar-refractivity contribution in [2.75, 3.05) is 0 Å². The van der Waals surface area contributed by atoms with E-state index in [9.17, 15) is 4.39 Å². The maximum Gasteiger partial charge on any atom is 0.123 e. The van der Waals surface area contributed by atoms with Gasteiger partial charge >= 0.3 is 0 Å². The molecule has 0 saturated carbocycles. The summed E-state index contributed by atoms with van der Waals surface area (Å²) in [5.41, 5.74) is 0.738. The third-order valence-electron chi connectivity index (χ3n) is 1.14. The number of halogens is 1. The lowest BCUT2D eigenvalue weighted by Gasteiger charge is -1.96. The largest absolute Gasteiger partial charge is 0.300 e. The maximum atomic E-state index is 12.4. The summed E-state index contributed by atoms with van der Waals surface area (Å²) in [6, 6.07) is 6.12. The highest BCUT2D eigenvalue weighted by Crippen LogP contribution is 2.03. The first kappa shape index (κ1) is 7.18. The van der Waals surface area contributed by atoms with Crippen LogP contribution in [0.1, 0.15) is 5.56 Å². The van der Waals surface area contributed by atoms with Crippen molar-refractivity contribution in [2.24, 2.45) is 5.90 Å². The summed E-state index contributed by atoms with van der Waals surface area (Å²) in [6.07, 6.45) is 0. The highest BCUT2D eigenvalue weighted by atomic mass is 19.1. The molecule has 0 unspecified atom stereocenters. The van der Waals surface area contributed by atoms with Gasteiger partial charge in [0.05, 0.1) is 6.61 Å². The Hall–Kier alpha value is -0.930. The molecule has 10 heavy (non-hydrogen) atoms. The van der Waals surface area contributed by atoms with Crippen LogP contribution in [0.3, 0.4) is 0 Å². The van der Waals surface area contributed by atoms with E-state index in [1.54, 1.807) is 12.1 Å². The van der Waals surface area contributed by atoms with Crippen LogP contribution in [0.25, 0.3) is 0 Å². The molecule has 0 fully saturated rings. The molecule has 0 aliphatic heterocycles. The van der Waals surface area contributed by atoms with Crippen molar-refractivity contribution in [1.29, 1.82) is 0 Å². The van der Waals surface area contributed by atoms with E-state index < -0.39 is 0 Å². The molecule has 0 spiro atoms. The minimum absolute atomic E-state index is 0.248. The van der Waals surface area contributed by atoms with Crippen LogP contribution in [0.5, 0.6) is 0 Å². The van der Waals surface area contributed by atoms with Crippen molar-refractivity contribution >= 4 is 0 Å². The van der Waals surface area contributed by atoms with Crippen molar-refractivity contribution in [2.45, 2.75) is 6.61 Å². The minimum Gasteiger partial charge on any atom is -0.300 e. The smallest absolute Gasteiger partial charge is 0.123 e. The van der Waals surface area contributed by atoms with Crippen molar-refractivity contribution in [1.82, 2.24) is 0 Å². The van der Waals surface area contributed by atoms with Crippen LogP contribution >= 0.6 is 0 Å². The van der Waals surface area contributed by atoms with Gasteiger partial charge in [-0.1, -0.05) is 12.1 Å². The van der Waals surface area contributed by atoms with Gasteiger partial charge in [0.1, 0.15) is 5.82 Å². The van der Waals surface area contributed by atoms with E-state index >= 15 is 0 Å². The summed E-state index contributed by atoms with van der Waals surface area (Å²) in [4.78, 5) is 4.32. The zero-order chi connectivity index (χ0) is 7.40. The molecule has 2 N–H and O–H groups in total. The normalized spacial score (nSPS) is 9.80. The lowest BCUT2D eigenvalue weighted by atomic mass is 10.2. The first-order chi connectivity index (χ1) is 4.83. The second-order valence-corrected chi connectivity index (χ2v) is 1.94. The number of hydrogen-bond acceptors (Lipinski definition) is 2. The predicted octanol–water partition coefficient (Wildman–Crippen LogP) is 1.22. The van der Waals surface area contributed by atoms with E-state index in [4.69, 9.17) is 5.90 Å². The molecule has 0 aromatic heterocycles. The summed E-state index contributed by atoms with van der Waals surface area (Å²) >= 11 is 0. The SMILES string of the molecule is NOCc1cccc(F)c1. The Labute approximate surface area is 58.4 Å². The second kappa shape index (κ2) is 3.29. The third-order valence-corrected chi connectivity index (χ3v) is 1.14. The summed E-state index contributed by atoms with van der Waals surface area (Å²) in [6.45, 7) is 0.248. The fourth-order valence-corrected chi connectivity index (χ4v) is 0.723. The van der Waals surface area contributed by atoms with Crippen LogP contribution in [0.4, 0.5) is 4.39 Å². The monoisotopic (exact) mass is 141 g/mol. The van der Waals surface area contributed by atoms with Gasteiger partial charge in [-0.25, -0.2) is 10.3 Å². The summed E-state index contributed by atoms with van der Waals surface area (Å²) in [5.74, 6) is 4.52. The van der Waals surface area contributed by atoms with Gasteiger partial charge in [0.15, 0.2) is 0 Å². The highest BCUT2D eigenvalue weighted by Gasteiger charge is 1.92. The van der Waals surface area contributed by atoms with E-state index in [2.05, 4.69) is 4.84 Å². The number of rotatable bonds is 2. The third kappa shape index (κ3) is 1.79. The van der Waals surface area contributed by atoms with Gasteiger partial charge in [0.25, 0.3) is 0 Å². The summed E-state index contributed by atoms with van der Waals surface area (Å²) in [5, 5.41) is 0. The zero-order valence-electron chi connectivity index (χ0n) is 5.38. The zero-order valence-corrected chi connectivity index (χ0v) is 5.38. The molecule has 0 aliphatic carbocycles. The van der Waals surface area contributed by atoms with Crippen molar-refractivity contribution in [3.8, 4) is 0 Å². The average molecular weight is 141 g/mol. The van der Waals surface area contributed by atoms with Gasteiger partial charge in [0, 0.05) is 0 Å². The molecule has 1 rings (SSSR count). The van der Waals surface area contributed by atoms with Crippen LogP contribution in [-0.2, 0) is 11.4 Å². The molecule has 1 aromatic rings. The van der Waals surface area contributed by atoms with Gasteiger partial charge in [0.2, 0.25) is 0 Å². The lowest BCUT2D eigenvalue weighted by molar-refractivity contribution is 0.124. The molecule has 3 heteroatoms. The van der Waals surface area contributed by atoms with Crippen LogP contribution in [0, 0.1) is 5.82 Å². The van der Waals surface area contributed by atoms with Crippen LogP contribution in [0.15, 0.2) is 24.3 Å². The summed E-state index contributed by atoms with van der Waals surface area (Å²) < 4.78 is 12.4. The molecule has 1 aromatic carbocycles. The van der Waals surface area contributed by atoms with E-state index in [0.717, 1.165) is 5.56 Å². The Balaban J connectivity index is 2.75. The van der Waals surface area contributed by atoms with Crippen molar-refractivity contribution in [3.05, 3.63) is 35.6 Å². The van der Waals surface area contributed by atoms with Crippen LogP contribution < -0.4 is 5.90 Å². The molecule has 0 radical (unpaired) electrons. The minimum atomic E-state index is -0.269. The van der Waals surface area contributed by atoms with E-state index in [1.807, 2.05) is 0 Å². The lowest BCUT2D eigenvalue weighted by Crippen LogP contribution is -1.98. The Morgan fingerprint density at radius 1 is 1.50 bits per heavy atom. The predicted molar refractivity (Wildman–Crippen MR) is 35.4 cm³/mol. The molecule has 0 aliphatic rings. The Bertz CT molecular complexity index is 215. The van der Waals surface area contributed by atoms with Crippen LogP contribution in [0.2, 0.25) is 0 Å². The maximum absolute atomic E-state index is 12.4. The Morgan fingerprint density at radius 3 is 2.90 bits per heavy atom. The topological polar surface area (TPSA) is 35.2 Å². The molecule has 54 valence electrons. The van der Waals surface area contributed by atoms with Gasteiger partial charge in [-0.15, -0.1) is 0 Å². The molecule has 0 bridgehead atoms. The molecule has 2 nitrogen and oxygen atoms in total. The molecule has 0 saturated heterocycles. The standard InChI is InChI=1S/C7H8FNO/c8-7-3-1-2-6(4-7)5-10-9/h1-4H,5,9H2. The first-order valence-electron chi connectivity index (χ1n) is 2.89. The quantitative estimate of drug-likeness (QED) is 0.628. The molecular formula is C7H8FNO. The molecule has 0 atom stereocenters. The van der Waals surface area contributed by atoms with E-state index in [-0.39, 0.29) is 12.4 Å². The Kier molecular flexibility index (Phi) is 2.36. The molecular weight excluding hydrogens is 133 g/mol. The van der Waals surface area contributed by atoms with E-state index in [0.29, 0.717) is 0 Å². The van der Waals surface area contributed by atoms with Crippen molar-refractivity contribution in [3.63, 3.8) is 0 Å². The highest BCUT2D eigenvalue weighted by molar-refractivity contribution is 5.15. The van der Waals surface area contributed by atoms with Gasteiger partial charge in [-0.05, 0) is 17.7 Å². The average Bonchev–Trinajstić information content (AvgIpc) is 1.88. The molecule has 0 heterocycles.